The van der Waals surface area contributed by atoms with Crippen LogP contribution in [0.4, 0.5) is 0 Å². The monoisotopic (exact) mass is 215 g/mol. The third-order valence-electron chi connectivity index (χ3n) is 4.13. The molecule has 16 heavy (non-hydrogen) atoms. The Hall–Kier alpha value is -0.820. The SMILES string of the molecule is CCNC(CC1CC1)C1Cc2ccccc21. The van der Waals surface area contributed by atoms with Crippen molar-refractivity contribution in [3.8, 4) is 0 Å². The van der Waals surface area contributed by atoms with Crippen LogP contribution in [0.25, 0.3) is 0 Å². The van der Waals surface area contributed by atoms with Crippen LogP contribution in [0, 0.1) is 5.92 Å². The lowest BCUT2D eigenvalue weighted by molar-refractivity contribution is 0.371. The second kappa shape index (κ2) is 4.21. The normalized spacial score (nSPS) is 24.7. The van der Waals surface area contributed by atoms with Gasteiger partial charge in [0.25, 0.3) is 0 Å². The summed E-state index contributed by atoms with van der Waals surface area (Å²) in [7, 11) is 0. The molecule has 1 heteroatoms. The molecule has 0 amide bonds. The minimum Gasteiger partial charge on any atom is -0.314 e. The van der Waals surface area contributed by atoms with Crippen molar-refractivity contribution in [1.82, 2.24) is 5.32 Å². The van der Waals surface area contributed by atoms with Gasteiger partial charge in [0.15, 0.2) is 0 Å². The third kappa shape index (κ3) is 1.89. The summed E-state index contributed by atoms with van der Waals surface area (Å²) in [5.74, 6) is 1.81. The summed E-state index contributed by atoms with van der Waals surface area (Å²) >= 11 is 0. The van der Waals surface area contributed by atoms with E-state index in [0.717, 1.165) is 24.4 Å². The molecule has 0 radical (unpaired) electrons. The van der Waals surface area contributed by atoms with Crippen molar-refractivity contribution in [2.24, 2.45) is 5.92 Å². The van der Waals surface area contributed by atoms with Gasteiger partial charge in [-0.2, -0.15) is 0 Å². The molecule has 0 saturated heterocycles. The Bertz CT molecular complexity index is 367. The van der Waals surface area contributed by atoms with E-state index in [1.807, 2.05) is 0 Å². The zero-order valence-corrected chi connectivity index (χ0v) is 10.1. The molecule has 1 aromatic rings. The lowest BCUT2D eigenvalue weighted by Crippen LogP contribution is -2.40. The van der Waals surface area contributed by atoms with Crippen LogP contribution < -0.4 is 5.32 Å². The first-order chi connectivity index (χ1) is 7.88. The fourth-order valence-corrected chi connectivity index (χ4v) is 3.02. The van der Waals surface area contributed by atoms with E-state index in [1.165, 1.54) is 25.7 Å². The summed E-state index contributed by atoms with van der Waals surface area (Å²) in [6.45, 7) is 3.33. The van der Waals surface area contributed by atoms with Gasteiger partial charge in [-0.1, -0.05) is 44.0 Å². The molecule has 2 unspecified atom stereocenters. The lowest BCUT2D eigenvalue weighted by atomic mass is 9.72. The van der Waals surface area contributed by atoms with Gasteiger partial charge in [0.1, 0.15) is 0 Å². The molecule has 86 valence electrons. The van der Waals surface area contributed by atoms with Gasteiger partial charge in [0.05, 0.1) is 0 Å². The molecule has 1 nitrogen and oxygen atoms in total. The second-order valence-corrected chi connectivity index (χ2v) is 5.35. The summed E-state index contributed by atoms with van der Waals surface area (Å²) in [5.41, 5.74) is 3.18. The molecule has 0 spiro atoms. The quantitative estimate of drug-likeness (QED) is 0.796. The van der Waals surface area contributed by atoms with E-state index in [9.17, 15) is 0 Å². The first kappa shape index (κ1) is 10.3. The van der Waals surface area contributed by atoms with Crippen molar-refractivity contribution < 1.29 is 0 Å². The van der Waals surface area contributed by atoms with Crippen LogP contribution in [-0.2, 0) is 6.42 Å². The van der Waals surface area contributed by atoms with Gasteiger partial charge in [0, 0.05) is 12.0 Å². The molecule has 1 saturated carbocycles. The zero-order chi connectivity index (χ0) is 11.0. The fourth-order valence-electron chi connectivity index (χ4n) is 3.02. The van der Waals surface area contributed by atoms with Gasteiger partial charge in [-0.05, 0) is 36.4 Å². The maximum absolute atomic E-state index is 3.70. The predicted octanol–water partition coefficient (Wildman–Crippen LogP) is 3.10. The van der Waals surface area contributed by atoms with Crippen molar-refractivity contribution in [3.63, 3.8) is 0 Å². The van der Waals surface area contributed by atoms with Gasteiger partial charge in [-0.3, -0.25) is 0 Å². The second-order valence-electron chi connectivity index (χ2n) is 5.35. The minimum absolute atomic E-state index is 0.729. The summed E-state index contributed by atoms with van der Waals surface area (Å²) in [5, 5.41) is 3.70. The van der Waals surface area contributed by atoms with E-state index >= 15 is 0 Å². The average molecular weight is 215 g/mol. The molecule has 2 aliphatic carbocycles. The number of fused-ring (bicyclic) bond motifs is 1. The van der Waals surface area contributed by atoms with Crippen molar-refractivity contribution >= 4 is 0 Å². The van der Waals surface area contributed by atoms with Gasteiger partial charge in [-0.25, -0.2) is 0 Å². The summed E-state index contributed by atoms with van der Waals surface area (Å²) < 4.78 is 0. The first-order valence-electron chi connectivity index (χ1n) is 6.69. The number of hydrogen-bond acceptors (Lipinski definition) is 1. The van der Waals surface area contributed by atoms with E-state index < -0.39 is 0 Å². The van der Waals surface area contributed by atoms with E-state index in [4.69, 9.17) is 0 Å². The Morgan fingerprint density at radius 2 is 2.12 bits per heavy atom. The van der Waals surface area contributed by atoms with Gasteiger partial charge in [-0.15, -0.1) is 0 Å². The number of nitrogens with one attached hydrogen (secondary N) is 1. The van der Waals surface area contributed by atoms with Crippen LogP contribution in [-0.4, -0.2) is 12.6 Å². The molecule has 3 rings (SSSR count). The van der Waals surface area contributed by atoms with Crippen LogP contribution >= 0.6 is 0 Å². The molecule has 0 aliphatic heterocycles. The molecule has 0 heterocycles. The maximum Gasteiger partial charge on any atom is 0.0142 e. The van der Waals surface area contributed by atoms with E-state index in [-0.39, 0.29) is 0 Å². The Balaban J connectivity index is 1.71. The number of rotatable bonds is 5. The van der Waals surface area contributed by atoms with Crippen LogP contribution in [0.2, 0.25) is 0 Å². The van der Waals surface area contributed by atoms with E-state index in [2.05, 4.69) is 36.5 Å². The molecule has 1 aromatic carbocycles. The highest BCUT2D eigenvalue weighted by Gasteiger charge is 2.35. The van der Waals surface area contributed by atoms with Gasteiger partial charge in [0.2, 0.25) is 0 Å². The average Bonchev–Trinajstić information content (AvgIpc) is 3.04. The molecule has 0 aromatic heterocycles. The maximum atomic E-state index is 3.70. The van der Waals surface area contributed by atoms with Crippen molar-refractivity contribution in [2.75, 3.05) is 6.54 Å². The first-order valence-corrected chi connectivity index (χ1v) is 6.69. The lowest BCUT2D eigenvalue weighted by Gasteiger charge is -2.37. The molecule has 1 fully saturated rings. The summed E-state index contributed by atoms with van der Waals surface area (Å²) in [6, 6.07) is 9.68. The minimum atomic E-state index is 0.729. The largest absolute Gasteiger partial charge is 0.314 e. The smallest absolute Gasteiger partial charge is 0.0142 e. The van der Waals surface area contributed by atoms with Crippen LogP contribution in [0.5, 0.6) is 0 Å². The van der Waals surface area contributed by atoms with Crippen LogP contribution in [0.15, 0.2) is 24.3 Å². The fraction of sp³-hybridized carbons (Fsp3) is 0.600. The highest BCUT2D eigenvalue weighted by atomic mass is 14.9. The molecule has 2 atom stereocenters. The predicted molar refractivity (Wildman–Crippen MR) is 67.7 cm³/mol. The molecular weight excluding hydrogens is 194 g/mol. The van der Waals surface area contributed by atoms with Crippen molar-refractivity contribution in [2.45, 2.75) is 44.6 Å². The van der Waals surface area contributed by atoms with Crippen molar-refractivity contribution in [1.29, 1.82) is 0 Å². The highest BCUT2D eigenvalue weighted by molar-refractivity contribution is 5.41. The van der Waals surface area contributed by atoms with Gasteiger partial charge >= 0.3 is 0 Å². The standard InChI is InChI=1S/C15H21N/c1-2-16-15(9-11-7-8-11)14-10-12-5-3-4-6-13(12)14/h3-6,11,14-16H,2,7-10H2,1H3. The summed E-state index contributed by atoms with van der Waals surface area (Å²) in [6.07, 6.45) is 5.62. The Morgan fingerprint density at radius 3 is 2.81 bits per heavy atom. The zero-order valence-electron chi connectivity index (χ0n) is 10.1. The van der Waals surface area contributed by atoms with Crippen LogP contribution in [0.1, 0.15) is 43.2 Å². The molecular formula is C15H21N. The number of likely N-dealkylation sites (N-methyl/N-ethyl adjacent to an activating group) is 1. The summed E-state index contributed by atoms with van der Waals surface area (Å²) in [4.78, 5) is 0. The number of hydrogen-bond donors (Lipinski definition) is 1. The molecule has 2 aliphatic rings. The van der Waals surface area contributed by atoms with E-state index in [1.54, 1.807) is 11.1 Å². The molecule has 1 N–H and O–H groups in total. The Morgan fingerprint density at radius 1 is 1.31 bits per heavy atom. The highest BCUT2D eigenvalue weighted by Crippen LogP contribution is 2.42. The van der Waals surface area contributed by atoms with E-state index in [0.29, 0.717) is 0 Å². The molecule has 0 bridgehead atoms. The third-order valence-corrected chi connectivity index (χ3v) is 4.13. The van der Waals surface area contributed by atoms with Crippen molar-refractivity contribution in [3.05, 3.63) is 35.4 Å². The number of benzene rings is 1. The topological polar surface area (TPSA) is 12.0 Å². The Kier molecular flexibility index (Phi) is 2.72. The Labute approximate surface area is 98.3 Å². The van der Waals surface area contributed by atoms with Gasteiger partial charge < -0.3 is 5.32 Å². The van der Waals surface area contributed by atoms with Crippen LogP contribution in [0.3, 0.4) is 0 Å².